The van der Waals surface area contributed by atoms with Crippen molar-refractivity contribution in [1.82, 2.24) is 19.8 Å². The molecule has 0 amide bonds. The third-order valence-corrected chi connectivity index (χ3v) is 4.02. The van der Waals surface area contributed by atoms with Gasteiger partial charge in [-0.3, -0.25) is 0 Å². The SMILES string of the molecule is Cc1cc(-c2nn3c(C(F)(F)F)nnc3s2)ccc1Cl. The average molecular weight is 319 g/mol. The van der Waals surface area contributed by atoms with Gasteiger partial charge < -0.3 is 0 Å². The van der Waals surface area contributed by atoms with E-state index in [2.05, 4.69) is 15.3 Å². The van der Waals surface area contributed by atoms with E-state index in [0.29, 0.717) is 20.1 Å². The first kappa shape index (κ1) is 13.3. The molecule has 20 heavy (non-hydrogen) atoms. The molecule has 3 aromatic rings. The van der Waals surface area contributed by atoms with Crippen LogP contribution in [0.15, 0.2) is 18.2 Å². The Kier molecular flexibility index (Phi) is 2.94. The van der Waals surface area contributed by atoms with E-state index in [4.69, 9.17) is 11.6 Å². The highest BCUT2D eigenvalue weighted by molar-refractivity contribution is 7.19. The van der Waals surface area contributed by atoms with Gasteiger partial charge in [-0.15, -0.1) is 10.2 Å². The number of rotatable bonds is 1. The first-order chi connectivity index (χ1) is 9.36. The van der Waals surface area contributed by atoms with Crippen molar-refractivity contribution in [2.75, 3.05) is 0 Å². The second-order valence-electron chi connectivity index (χ2n) is 4.09. The van der Waals surface area contributed by atoms with Crippen LogP contribution in [-0.4, -0.2) is 19.8 Å². The lowest BCUT2D eigenvalue weighted by molar-refractivity contribution is -0.146. The second-order valence-corrected chi connectivity index (χ2v) is 5.45. The first-order valence-electron chi connectivity index (χ1n) is 5.42. The molecule has 0 saturated carbocycles. The molecule has 104 valence electrons. The highest BCUT2D eigenvalue weighted by atomic mass is 35.5. The zero-order valence-corrected chi connectivity index (χ0v) is 11.5. The summed E-state index contributed by atoms with van der Waals surface area (Å²) in [4.78, 5) is 0.0972. The molecule has 0 N–H and O–H groups in total. The van der Waals surface area contributed by atoms with E-state index >= 15 is 0 Å². The van der Waals surface area contributed by atoms with Gasteiger partial charge in [0.05, 0.1) is 0 Å². The lowest BCUT2D eigenvalue weighted by atomic mass is 10.1. The molecule has 0 spiro atoms. The minimum absolute atomic E-state index is 0.0972. The van der Waals surface area contributed by atoms with Crippen molar-refractivity contribution in [3.8, 4) is 10.6 Å². The number of halogens is 4. The van der Waals surface area contributed by atoms with Crippen molar-refractivity contribution in [1.29, 1.82) is 0 Å². The molecule has 0 unspecified atom stereocenters. The van der Waals surface area contributed by atoms with Crippen LogP contribution in [0, 0.1) is 6.92 Å². The van der Waals surface area contributed by atoms with Crippen LogP contribution in [0.1, 0.15) is 11.4 Å². The molecule has 9 heteroatoms. The van der Waals surface area contributed by atoms with Gasteiger partial charge in [0.15, 0.2) is 0 Å². The number of aryl methyl sites for hydroxylation is 1. The van der Waals surface area contributed by atoms with Gasteiger partial charge in [-0.05, 0) is 24.6 Å². The topological polar surface area (TPSA) is 43.1 Å². The van der Waals surface area contributed by atoms with Gasteiger partial charge in [-0.2, -0.15) is 22.8 Å². The molecular weight excluding hydrogens is 313 g/mol. The maximum absolute atomic E-state index is 12.7. The number of nitrogens with zero attached hydrogens (tertiary/aromatic N) is 4. The summed E-state index contributed by atoms with van der Waals surface area (Å²) in [5, 5.41) is 11.6. The summed E-state index contributed by atoms with van der Waals surface area (Å²) < 4.78 is 38.8. The molecule has 0 aliphatic heterocycles. The molecule has 0 bridgehead atoms. The first-order valence-corrected chi connectivity index (χ1v) is 6.61. The Labute approximate surface area is 119 Å². The van der Waals surface area contributed by atoms with Crippen LogP contribution in [0.2, 0.25) is 5.02 Å². The van der Waals surface area contributed by atoms with Crippen molar-refractivity contribution >= 4 is 27.9 Å². The van der Waals surface area contributed by atoms with Gasteiger partial charge >= 0.3 is 6.18 Å². The predicted octanol–water partition coefficient (Wildman–Crippen LogP) is 3.83. The normalized spacial score (nSPS) is 12.2. The van der Waals surface area contributed by atoms with E-state index in [0.717, 1.165) is 16.9 Å². The molecule has 2 heterocycles. The summed E-state index contributed by atoms with van der Waals surface area (Å²) in [6.45, 7) is 1.81. The van der Waals surface area contributed by atoms with Crippen molar-refractivity contribution in [2.24, 2.45) is 0 Å². The molecule has 0 radical (unpaired) electrons. The molecule has 3 rings (SSSR count). The molecule has 0 aliphatic rings. The van der Waals surface area contributed by atoms with E-state index in [1.165, 1.54) is 0 Å². The summed E-state index contributed by atoms with van der Waals surface area (Å²) in [5.74, 6) is -1.12. The molecule has 0 fully saturated rings. The summed E-state index contributed by atoms with van der Waals surface area (Å²) in [6, 6.07) is 5.15. The summed E-state index contributed by atoms with van der Waals surface area (Å²) in [5.41, 5.74) is 1.52. The molecule has 0 atom stereocenters. The Bertz CT molecular complexity index is 793. The minimum atomic E-state index is -4.58. The van der Waals surface area contributed by atoms with Crippen LogP contribution in [0.3, 0.4) is 0 Å². The number of hydrogen-bond acceptors (Lipinski definition) is 4. The Morgan fingerprint density at radius 1 is 1.25 bits per heavy atom. The van der Waals surface area contributed by atoms with Gasteiger partial charge in [0.1, 0.15) is 5.01 Å². The summed E-state index contributed by atoms with van der Waals surface area (Å²) in [6.07, 6.45) is -4.58. The Balaban J connectivity index is 2.14. The average Bonchev–Trinajstić information content (AvgIpc) is 2.90. The zero-order chi connectivity index (χ0) is 14.5. The van der Waals surface area contributed by atoms with Crippen LogP contribution in [0.4, 0.5) is 13.2 Å². The molecule has 2 aromatic heterocycles. The number of aromatic nitrogens is 4. The van der Waals surface area contributed by atoms with E-state index in [1.807, 2.05) is 6.92 Å². The molecule has 0 saturated heterocycles. The Morgan fingerprint density at radius 3 is 2.65 bits per heavy atom. The zero-order valence-electron chi connectivity index (χ0n) is 9.94. The summed E-state index contributed by atoms with van der Waals surface area (Å²) in [7, 11) is 0. The van der Waals surface area contributed by atoms with Crippen molar-refractivity contribution < 1.29 is 13.2 Å². The maximum Gasteiger partial charge on any atom is 0.453 e. The smallest absolute Gasteiger partial charge is 0.178 e. The fourth-order valence-corrected chi connectivity index (χ4v) is 2.64. The second kappa shape index (κ2) is 4.42. The van der Waals surface area contributed by atoms with Crippen LogP contribution < -0.4 is 0 Å². The standard InChI is InChI=1S/C11H6ClF3N4S/c1-5-4-6(2-3-7(5)12)8-18-19-9(11(13,14)15)16-17-10(19)20-8/h2-4H,1H3. The Hall–Kier alpha value is -1.67. The summed E-state index contributed by atoms with van der Waals surface area (Å²) >= 11 is 6.95. The van der Waals surface area contributed by atoms with Gasteiger partial charge in [0, 0.05) is 10.6 Å². The lowest BCUT2D eigenvalue weighted by Crippen LogP contribution is -2.11. The monoisotopic (exact) mass is 318 g/mol. The third kappa shape index (κ3) is 2.14. The molecular formula is C11H6ClF3N4S. The van der Waals surface area contributed by atoms with E-state index < -0.39 is 12.0 Å². The quantitative estimate of drug-likeness (QED) is 0.685. The molecule has 0 aliphatic carbocycles. The van der Waals surface area contributed by atoms with Crippen LogP contribution in [0.25, 0.3) is 15.5 Å². The van der Waals surface area contributed by atoms with Gasteiger partial charge in [-0.25, -0.2) is 0 Å². The molecule has 4 nitrogen and oxygen atoms in total. The lowest BCUT2D eigenvalue weighted by Gasteiger charge is -2.01. The minimum Gasteiger partial charge on any atom is -0.178 e. The number of benzene rings is 1. The number of alkyl halides is 3. The highest BCUT2D eigenvalue weighted by Gasteiger charge is 2.38. The van der Waals surface area contributed by atoms with E-state index in [9.17, 15) is 13.2 Å². The maximum atomic E-state index is 12.7. The van der Waals surface area contributed by atoms with Crippen molar-refractivity contribution in [3.63, 3.8) is 0 Å². The number of hydrogen-bond donors (Lipinski definition) is 0. The van der Waals surface area contributed by atoms with Crippen LogP contribution >= 0.6 is 22.9 Å². The van der Waals surface area contributed by atoms with E-state index in [-0.39, 0.29) is 4.96 Å². The van der Waals surface area contributed by atoms with Gasteiger partial charge in [-0.1, -0.05) is 29.0 Å². The predicted molar refractivity (Wildman–Crippen MR) is 68.8 cm³/mol. The fraction of sp³-hybridized carbons (Fsp3) is 0.182. The van der Waals surface area contributed by atoms with E-state index in [1.54, 1.807) is 18.2 Å². The van der Waals surface area contributed by atoms with Crippen LogP contribution in [-0.2, 0) is 6.18 Å². The third-order valence-electron chi connectivity index (χ3n) is 2.65. The van der Waals surface area contributed by atoms with Crippen molar-refractivity contribution in [2.45, 2.75) is 13.1 Å². The fourth-order valence-electron chi connectivity index (χ4n) is 1.69. The largest absolute Gasteiger partial charge is 0.453 e. The van der Waals surface area contributed by atoms with Crippen molar-refractivity contribution in [3.05, 3.63) is 34.6 Å². The van der Waals surface area contributed by atoms with Crippen LogP contribution in [0.5, 0.6) is 0 Å². The number of fused-ring (bicyclic) bond motifs is 1. The van der Waals surface area contributed by atoms with Gasteiger partial charge in [0.25, 0.3) is 5.82 Å². The Morgan fingerprint density at radius 2 is 2.00 bits per heavy atom. The van der Waals surface area contributed by atoms with Gasteiger partial charge in [0.2, 0.25) is 4.96 Å². The molecule has 1 aromatic carbocycles. The highest BCUT2D eigenvalue weighted by Crippen LogP contribution is 2.32.